The highest BCUT2D eigenvalue weighted by Crippen LogP contribution is 2.09. The molecule has 16 heavy (non-hydrogen) atoms. The molecule has 1 rings (SSSR count). The van der Waals surface area contributed by atoms with Crippen LogP contribution in [0.2, 0.25) is 0 Å². The molecule has 0 fully saturated rings. The lowest BCUT2D eigenvalue weighted by atomic mass is 10.0. The van der Waals surface area contributed by atoms with Crippen LogP contribution >= 0.6 is 0 Å². The zero-order valence-electron chi connectivity index (χ0n) is 10.8. The van der Waals surface area contributed by atoms with Crippen molar-refractivity contribution in [1.29, 1.82) is 0 Å². The first-order chi connectivity index (χ1) is 7.77. The first kappa shape index (κ1) is 13.0. The fraction of sp³-hybridized carbons (Fsp3) is 0.533. The maximum atomic E-state index is 4.42. The molecule has 1 heteroatoms. The molecule has 0 saturated carbocycles. The summed E-state index contributed by atoms with van der Waals surface area (Å²) in [5.74, 6) is 0. The predicted octanol–water partition coefficient (Wildman–Crippen LogP) is 4.25. The van der Waals surface area contributed by atoms with Gasteiger partial charge in [0.05, 0.1) is 0 Å². The molecule has 1 aromatic rings. The van der Waals surface area contributed by atoms with Crippen molar-refractivity contribution in [2.45, 2.75) is 46.5 Å². The summed E-state index contributed by atoms with van der Waals surface area (Å²) in [6, 6.07) is 8.85. The Hall–Kier alpha value is -1.11. The van der Waals surface area contributed by atoms with E-state index >= 15 is 0 Å². The Morgan fingerprint density at radius 3 is 2.31 bits per heavy atom. The Bertz CT molecular complexity index is 322. The van der Waals surface area contributed by atoms with Gasteiger partial charge in [-0.3, -0.25) is 4.99 Å². The van der Waals surface area contributed by atoms with Gasteiger partial charge in [-0.15, -0.1) is 0 Å². The quantitative estimate of drug-likeness (QED) is 0.499. The van der Waals surface area contributed by atoms with Crippen molar-refractivity contribution in [3.63, 3.8) is 0 Å². The van der Waals surface area contributed by atoms with Crippen molar-refractivity contribution in [1.82, 2.24) is 0 Å². The molecule has 0 N–H and O–H groups in total. The molecule has 1 aromatic carbocycles. The van der Waals surface area contributed by atoms with E-state index in [0.717, 1.165) is 12.3 Å². The van der Waals surface area contributed by atoms with Crippen molar-refractivity contribution in [2.24, 2.45) is 4.99 Å². The molecule has 0 heterocycles. The van der Waals surface area contributed by atoms with Gasteiger partial charge in [-0.05, 0) is 37.8 Å². The average molecular weight is 217 g/mol. The van der Waals surface area contributed by atoms with E-state index in [1.165, 1.54) is 36.8 Å². The highest BCUT2D eigenvalue weighted by Gasteiger charge is 1.97. The fourth-order valence-electron chi connectivity index (χ4n) is 1.82. The first-order valence-electron chi connectivity index (χ1n) is 6.38. The van der Waals surface area contributed by atoms with Gasteiger partial charge >= 0.3 is 0 Å². The SMILES string of the molecule is CCCCCc1ccc(C(C)=NCC)cc1. The minimum Gasteiger partial charge on any atom is -0.290 e. The molecule has 0 atom stereocenters. The minimum absolute atomic E-state index is 0.865. The zero-order chi connectivity index (χ0) is 11.8. The van der Waals surface area contributed by atoms with Gasteiger partial charge in [-0.1, -0.05) is 44.0 Å². The topological polar surface area (TPSA) is 12.4 Å². The Morgan fingerprint density at radius 2 is 1.75 bits per heavy atom. The second-order valence-corrected chi connectivity index (χ2v) is 4.21. The van der Waals surface area contributed by atoms with E-state index in [4.69, 9.17) is 0 Å². The summed E-state index contributed by atoms with van der Waals surface area (Å²) < 4.78 is 0. The molecule has 88 valence electrons. The number of rotatable bonds is 6. The summed E-state index contributed by atoms with van der Waals surface area (Å²) in [5.41, 5.74) is 3.84. The Kier molecular flexibility index (Phi) is 5.84. The highest BCUT2D eigenvalue weighted by molar-refractivity contribution is 5.98. The van der Waals surface area contributed by atoms with Crippen LogP contribution in [-0.4, -0.2) is 12.3 Å². The van der Waals surface area contributed by atoms with Crippen LogP contribution in [0.5, 0.6) is 0 Å². The molecule has 0 aliphatic rings. The van der Waals surface area contributed by atoms with E-state index in [-0.39, 0.29) is 0 Å². The molecule has 0 aromatic heterocycles. The molecule has 0 saturated heterocycles. The summed E-state index contributed by atoms with van der Waals surface area (Å²) in [5, 5.41) is 0. The summed E-state index contributed by atoms with van der Waals surface area (Å²) in [6.07, 6.45) is 5.13. The maximum absolute atomic E-state index is 4.42. The van der Waals surface area contributed by atoms with Crippen LogP contribution in [0.15, 0.2) is 29.3 Å². The smallest absolute Gasteiger partial charge is 0.0389 e. The van der Waals surface area contributed by atoms with Crippen molar-refractivity contribution in [3.8, 4) is 0 Å². The van der Waals surface area contributed by atoms with Crippen LogP contribution in [0, 0.1) is 0 Å². The highest BCUT2D eigenvalue weighted by atomic mass is 14.7. The summed E-state index contributed by atoms with van der Waals surface area (Å²) >= 11 is 0. The number of unbranched alkanes of at least 4 members (excludes halogenated alkanes) is 2. The van der Waals surface area contributed by atoms with Crippen LogP contribution in [-0.2, 0) is 6.42 Å². The van der Waals surface area contributed by atoms with Gasteiger partial charge in [0.25, 0.3) is 0 Å². The third kappa shape index (κ3) is 4.18. The van der Waals surface area contributed by atoms with Crippen LogP contribution in [0.25, 0.3) is 0 Å². The predicted molar refractivity (Wildman–Crippen MR) is 72.4 cm³/mol. The second-order valence-electron chi connectivity index (χ2n) is 4.21. The molecule has 0 unspecified atom stereocenters. The van der Waals surface area contributed by atoms with Gasteiger partial charge in [-0.25, -0.2) is 0 Å². The molecule has 0 aliphatic carbocycles. The number of aliphatic imine (C=N–C) groups is 1. The van der Waals surface area contributed by atoms with Gasteiger partial charge in [0, 0.05) is 12.3 Å². The number of hydrogen-bond donors (Lipinski definition) is 0. The Balaban J connectivity index is 2.57. The largest absolute Gasteiger partial charge is 0.290 e. The van der Waals surface area contributed by atoms with Crippen LogP contribution in [0.1, 0.15) is 51.2 Å². The van der Waals surface area contributed by atoms with E-state index in [2.05, 4.69) is 50.0 Å². The maximum Gasteiger partial charge on any atom is 0.0389 e. The number of hydrogen-bond acceptors (Lipinski definition) is 1. The molecule has 1 nitrogen and oxygen atoms in total. The standard InChI is InChI=1S/C15H23N/c1-4-6-7-8-14-9-11-15(12-10-14)13(3)16-5-2/h9-12H,4-8H2,1-3H3. The average Bonchev–Trinajstić information content (AvgIpc) is 2.30. The van der Waals surface area contributed by atoms with Gasteiger partial charge in [0.2, 0.25) is 0 Å². The minimum atomic E-state index is 0.865. The monoisotopic (exact) mass is 217 g/mol. The van der Waals surface area contributed by atoms with E-state index in [0.29, 0.717) is 0 Å². The van der Waals surface area contributed by atoms with Crippen molar-refractivity contribution in [2.75, 3.05) is 6.54 Å². The van der Waals surface area contributed by atoms with E-state index in [1.54, 1.807) is 0 Å². The van der Waals surface area contributed by atoms with Crippen molar-refractivity contribution < 1.29 is 0 Å². The molecule has 0 amide bonds. The lowest BCUT2D eigenvalue weighted by Gasteiger charge is -2.03. The van der Waals surface area contributed by atoms with Gasteiger partial charge in [-0.2, -0.15) is 0 Å². The third-order valence-corrected chi connectivity index (χ3v) is 2.84. The van der Waals surface area contributed by atoms with Gasteiger partial charge in [0.15, 0.2) is 0 Å². The number of aryl methyl sites for hydroxylation is 1. The molecular formula is C15H23N. The van der Waals surface area contributed by atoms with Crippen molar-refractivity contribution >= 4 is 5.71 Å². The van der Waals surface area contributed by atoms with E-state index in [9.17, 15) is 0 Å². The lowest BCUT2D eigenvalue weighted by Crippen LogP contribution is -1.96. The summed E-state index contributed by atoms with van der Waals surface area (Å²) in [7, 11) is 0. The first-order valence-corrected chi connectivity index (χ1v) is 6.38. The molecule has 0 aliphatic heterocycles. The van der Waals surface area contributed by atoms with E-state index < -0.39 is 0 Å². The summed E-state index contributed by atoms with van der Waals surface area (Å²) in [4.78, 5) is 4.42. The van der Waals surface area contributed by atoms with Gasteiger partial charge < -0.3 is 0 Å². The summed E-state index contributed by atoms with van der Waals surface area (Å²) in [6.45, 7) is 7.26. The zero-order valence-corrected chi connectivity index (χ0v) is 10.8. The normalized spacial score (nSPS) is 11.8. The molecular weight excluding hydrogens is 194 g/mol. The van der Waals surface area contributed by atoms with Gasteiger partial charge in [0.1, 0.15) is 0 Å². The lowest BCUT2D eigenvalue weighted by molar-refractivity contribution is 0.717. The Labute approximate surface area is 99.6 Å². The van der Waals surface area contributed by atoms with Crippen LogP contribution < -0.4 is 0 Å². The molecule has 0 spiro atoms. The number of nitrogens with zero attached hydrogens (tertiary/aromatic N) is 1. The van der Waals surface area contributed by atoms with Crippen LogP contribution in [0.4, 0.5) is 0 Å². The van der Waals surface area contributed by atoms with Crippen LogP contribution in [0.3, 0.4) is 0 Å². The molecule has 0 radical (unpaired) electrons. The third-order valence-electron chi connectivity index (χ3n) is 2.84. The van der Waals surface area contributed by atoms with Crippen molar-refractivity contribution in [3.05, 3.63) is 35.4 Å². The number of benzene rings is 1. The Morgan fingerprint density at radius 1 is 1.06 bits per heavy atom. The fourth-order valence-corrected chi connectivity index (χ4v) is 1.82. The molecule has 0 bridgehead atoms. The van der Waals surface area contributed by atoms with E-state index in [1.807, 2.05) is 0 Å². The second kappa shape index (κ2) is 7.21.